The summed E-state index contributed by atoms with van der Waals surface area (Å²) in [5.74, 6) is 1.98. The van der Waals surface area contributed by atoms with E-state index in [2.05, 4.69) is 38.6 Å². The van der Waals surface area contributed by atoms with Gasteiger partial charge in [0.25, 0.3) is 0 Å². The Kier molecular flexibility index (Phi) is 5.36. The maximum absolute atomic E-state index is 5.87. The van der Waals surface area contributed by atoms with E-state index in [1.165, 1.54) is 0 Å². The fourth-order valence-corrected chi connectivity index (χ4v) is 3.50. The van der Waals surface area contributed by atoms with Crippen LogP contribution in [-0.2, 0) is 11.3 Å². The van der Waals surface area contributed by atoms with Gasteiger partial charge >= 0.3 is 0 Å². The Hall–Kier alpha value is -3.29. The van der Waals surface area contributed by atoms with Crippen molar-refractivity contribution < 1.29 is 9.47 Å². The molecule has 0 spiro atoms. The second-order valence-electron chi connectivity index (χ2n) is 7.55. The Balaban J connectivity index is 1.23. The van der Waals surface area contributed by atoms with Gasteiger partial charge in [0.15, 0.2) is 0 Å². The molecule has 2 aromatic carbocycles. The summed E-state index contributed by atoms with van der Waals surface area (Å²) < 4.78 is 11.0. The van der Waals surface area contributed by atoms with Gasteiger partial charge in [0, 0.05) is 24.5 Å². The predicted molar refractivity (Wildman–Crippen MR) is 122 cm³/mol. The summed E-state index contributed by atoms with van der Waals surface area (Å²) in [4.78, 5) is 12.1. The zero-order chi connectivity index (χ0) is 21.2. The Labute approximate surface area is 184 Å². The van der Waals surface area contributed by atoms with E-state index in [-0.39, 0.29) is 0 Å². The van der Waals surface area contributed by atoms with Crippen LogP contribution in [-0.4, -0.2) is 34.2 Å². The van der Waals surface area contributed by atoms with Crippen molar-refractivity contribution >= 4 is 34.3 Å². The molecule has 0 saturated carbocycles. The van der Waals surface area contributed by atoms with Crippen LogP contribution in [0.15, 0.2) is 54.7 Å². The van der Waals surface area contributed by atoms with Gasteiger partial charge in [-0.1, -0.05) is 17.7 Å². The number of pyridine rings is 1. The minimum atomic E-state index is 0.392. The molecule has 7 nitrogen and oxygen atoms in total. The second-order valence-corrected chi connectivity index (χ2v) is 7.99. The molecule has 0 atom stereocenters. The van der Waals surface area contributed by atoms with Gasteiger partial charge in [0.05, 0.1) is 35.3 Å². The van der Waals surface area contributed by atoms with Crippen molar-refractivity contribution in [3.8, 4) is 11.6 Å². The van der Waals surface area contributed by atoms with E-state index in [4.69, 9.17) is 21.1 Å². The second kappa shape index (κ2) is 8.45. The highest BCUT2D eigenvalue weighted by atomic mass is 35.5. The van der Waals surface area contributed by atoms with E-state index in [9.17, 15) is 0 Å². The number of aryl methyl sites for hydroxylation is 1. The first-order valence-electron chi connectivity index (χ1n) is 10.1. The highest BCUT2D eigenvalue weighted by Gasteiger charge is 2.17. The number of fused-ring (bicyclic) bond motifs is 1. The normalized spacial score (nSPS) is 13.7. The van der Waals surface area contributed by atoms with Crippen molar-refractivity contribution in [2.24, 2.45) is 0 Å². The van der Waals surface area contributed by atoms with Crippen LogP contribution in [0.1, 0.15) is 11.1 Å². The number of halogens is 1. The molecule has 1 fully saturated rings. The number of ether oxygens (including phenoxy) is 2. The molecular weight excluding hydrogens is 414 g/mol. The number of nitrogens with one attached hydrogen (secondary N) is 3. The molecule has 3 heterocycles. The highest BCUT2D eigenvalue weighted by molar-refractivity contribution is 6.30. The SMILES string of the molecule is Cc1cc(Oc2ccc(Cl)cn2)ccc1CNc1nc2ccc(NC3COC3)cc2[nH]1. The van der Waals surface area contributed by atoms with E-state index < -0.39 is 0 Å². The fraction of sp³-hybridized carbons (Fsp3) is 0.217. The number of benzene rings is 2. The first kappa shape index (κ1) is 19.7. The Morgan fingerprint density at radius 1 is 1.16 bits per heavy atom. The van der Waals surface area contributed by atoms with Gasteiger partial charge in [-0.15, -0.1) is 0 Å². The van der Waals surface area contributed by atoms with E-state index in [1.54, 1.807) is 18.3 Å². The van der Waals surface area contributed by atoms with Gasteiger partial charge in [-0.05, 0) is 54.4 Å². The maximum atomic E-state index is 5.87. The van der Waals surface area contributed by atoms with Crippen molar-refractivity contribution in [3.63, 3.8) is 0 Å². The minimum absolute atomic E-state index is 0.392. The molecule has 3 N–H and O–H groups in total. The van der Waals surface area contributed by atoms with E-state index in [1.807, 2.05) is 30.3 Å². The van der Waals surface area contributed by atoms with Crippen LogP contribution in [0.3, 0.4) is 0 Å². The van der Waals surface area contributed by atoms with E-state index in [0.29, 0.717) is 23.5 Å². The molecule has 1 aliphatic heterocycles. The van der Waals surface area contributed by atoms with Crippen LogP contribution in [0, 0.1) is 6.92 Å². The molecule has 0 amide bonds. The summed E-state index contributed by atoms with van der Waals surface area (Å²) in [5.41, 5.74) is 5.25. The fourth-order valence-electron chi connectivity index (χ4n) is 3.39. The number of hydrogen-bond acceptors (Lipinski definition) is 6. The number of nitrogens with zero attached hydrogens (tertiary/aromatic N) is 2. The van der Waals surface area contributed by atoms with E-state index in [0.717, 1.165) is 52.8 Å². The zero-order valence-corrected chi connectivity index (χ0v) is 17.7. The monoisotopic (exact) mass is 435 g/mol. The Morgan fingerprint density at radius 3 is 2.81 bits per heavy atom. The van der Waals surface area contributed by atoms with Gasteiger partial charge in [-0.25, -0.2) is 9.97 Å². The first-order chi connectivity index (χ1) is 15.1. The molecule has 1 aliphatic rings. The lowest BCUT2D eigenvalue weighted by atomic mass is 10.1. The Bertz CT molecular complexity index is 1200. The molecule has 158 valence electrons. The zero-order valence-electron chi connectivity index (χ0n) is 17.0. The third-order valence-electron chi connectivity index (χ3n) is 5.17. The lowest BCUT2D eigenvalue weighted by Gasteiger charge is -2.27. The first-order valence-corrected chi connectivity index (χ1v) is 10.5. The lowest BCUT2D eigenvalue weighted by Crippen LogP contribution is -2.40. The number of aromatic amines is 1. The molecule has 0 aliphatic carbocycles. The van der Waals surface area contributed by atoms with E-state index >= 15 is 0 Å². The van der Waals surface area contributed by atoms with Crippen molar-refractivity contribution in [1.82, 2.24) is 15.0 Å². The van der Waals surface area contributed by atoms with Crippen LogP contribution >= 0.6 is 11.6 Å². The maximum Gasteiger partial charge on any atom is 0.219 e. The van der Waals surface area contributed by atoms with Gasteiger partial charge in [-0.2, -0.15) is 0 Å². The van der Waals surface area contributed by atoms with Gasteiger partial charge in [0.2, 0.25) is 11.8 Å². The van der Waals surface area contributed by atoms with Crippen LogP contribution in [0.2, 0.25) is 5.02 Å². The molecule has 0 bridgehead atoms. The Morgan fingerprint density at radius 2 is 2.06 bits per heavy atom. The summed E-state index contributed by atoms with van der Waals surface area (Å²) in [6.45, 7) is 4.22. The predicted octanol–water partition coefficient (Wildman–Crippen LogP) is 5.13. The van der Waals surface area contributed by atoms with Gasteiger partial charge < -0.3 is 25.1 Å². The van der Waals surface area contributed by atoms with Gasteiger partial charge in [0.1, 0.15) is 5.75 Å². The number of imidazole rings is 1. The average Bonchev–Trinajstić information content (AvgIpc) is 3.14. The molecule has 2 aromatic heterocycles. The summed E-state index contributed by atoms with van der Waals surface area (Å²) in [6, 6.07) is 16.0. The quantitative estimate of drug-likeness (QED) is 0.373. The average molecular weight is 436 g/mol. The number of aromatic nitrogens is 3. The summed E-state index contributed by atoms with van der Waals surface area (Å²) in [6.07, 6.45) is 1.57. The minimum Gasteiger partial charge on any atom is -0.439 e. The highest BCUT2D eigenvalue weighted by Crippen LogP contribution is 2.25. The van der Waals surface area contributed by atoms with Crippen molar-refractivity contribution in [2.45, 2.75) is 19.5 Å². The number of H-pyrrole nitrogens is 1. The van der Waals surface area contributed by atoms with Crippen molar-refractivity contribution in [3.05, 3.63) is 70.9 Å². The summed E-state index contributed by atoms with van der Waals surface area (Å²) in [7, 11) is 0. The van der Waals surface area contributed by atoms with Crippen LogP contribution in [0.25, 0.3) is 11.0 Å². The van der Waals surface area contributed by atoms with Crippen LogP contribution in [0.5, 0.6) is 11.6 Å². The molecule has 0 unspecified atom stereocenters. The molecule has 5 rings (SSSR count). The van der Waals surface area contributed by atoms with Gasteiger partial charge in [-0.3, -0.25) is 0 Å². The standard InChI is InChI=1S/C23H22ClN5O2/c1-14-8-19(31-22-7-3-16(24)11-25-22)5-2-15(14)10-26-23-28-20-6-4-17(9-21(20)29-23)27-18-12-30-13-18/h2-9,11,18,27H,10,12-13H2,1H3,(H2,26,28,29). The topological polar surface area (TPSA) is 84.1 Å². The number of rotatable bonds is 7. The lowest BCUT2D eigenvalue weighted by molar-refractivity contribution is 0.0211. The number of hydrogen-bond donors (Lipinski definition) is 3. The van der Waals surface area contributed by atoms with Crippen LogP contribution in [0.4, 0.5) is 11.6 Å². The summed E-state index contributed by atoms with van der Waals surface area (Å²) in [5, 5.41) is 7.41. The molecule has 8 heteroatoms. The third kappa shape index (κ3) is 4.57. The number of anilines is 2. The molecule has 4 aromatic rings. The third-order valence-corrected chi connectivity index (χ3v) is 5.40. The molecule has 31 heavy (non-hydrogen) atoms. The van der Waals surface area contributed by atoms with Crippen molar-refractivity contribution in [2.75, 3.05) is 23.8 Å². The molecule has 1 saturated heterocycles. The summed E-state index contributed by atoms with van der Waals surface area (Å²) >= 11 is 5.87. The van der Waals surface area contributed by atoms with Crippen molar-refractivity contribution in [1.29, 1.82) is 0 Å². The van der Waals surface area contributed by atoms with Crippen LogP contribution < -0.4 is 15.4 Å². The smallest absolute Gasteiger partial charge is 0.219 e. The largest absolute Gasteiger partial charge is 0.439 e. The molecule has 0 radical (unpaired) electrons. The molecular formula is C23H22ClN5O2.